The molecule has 0 saturated heterocycles. The number of hydrogen-bond acceptors (Lipinski definition) is 1. The molecule has 0 heterocycles. The molecule has 19 heavy (non-hydrogen) atoms. The van der Waals surface area contributed by atoms with Gasteiger partial charge in [-0.25, -0.2) is 0 Å². The molecule has 0 bridgehead atoms. The fourth-order valence-corrected chi connectivity index (χ4v) is 2.66. The van der Waals surface area contributed by atoms with E-state index in [1.807, 2.05) is 0 Å². The fourth-order valence-electron chi connectivity index (χ4n) is 2.66. The molecule has 2 atom stereocenters. The highest BCUT2D eigenvalue weighted by atomic mass is 14.8. The standard InChI is InChI=1S/C18H25N/c1-5-9-14(2)17(18(4)12-13-18)19-15(3)16-10-7-6-8-11-16/h5-11,14-15H,12-13H2,1-4H3/b9-5-,19-17?/t14?,15-/m1/s1. The molecule has 1 fully saturated rings. The quantitative estimate of drug-likeness (QED) is 0.506. The average Bonchev–Trinajstić information content (AvgIpc) is 3.15. The summed E-state index contributed by atoms with van der Waals surface area (Å²) in [4.78, 5) is 5.06. The normalized spacial score (nSPS) is 21.4. The van der Waals surface area contributed by atoms with Crippen LogP contribution >= 0.6 is 0 Å². The third-order valence-corrected chi connectivity index (χ3v) is 4.15. The Morgan fingerprint density at radius 2 is 1.84 bits per heavy atom. The number of aliphatic imine (C=N–C) groups is 1. The second-order valence-electron chi connectivity index (χ2n) is 5.98. The van der Waals surface area contributed by atoms with Crippen molar-refractivity contribution in [2.75, 3.05) is 0 Å². The van der Waals surface area contributed by atoms with Gasteiger partial charge in [0.15, 0.2) is 0 Å². The third-order valence-electron chi connectivity index (χ3n) is 4.15. The molecule has 1 aliphatic carbocycles. The highest BCUT2D eigenvalue weighted by molar-refractivity contribution is 5.95. The summed E-state index contributed by atoms with van der Waals surface area (Å²) in [5, 5.41) is 0. The number of rotatable bonds is 5. The summed E-state index contributed by atoms with van der Waals surface area (Å²) in [7, 11) is 0. The van der Waals surface area contributed by atoms with Crippen LogP contribution in [-0.4, -0.2) is 5.71 Å². The van der Waals surface area contributed by atoms with Crippen molar-refractivity contribution in [1.29, 1.82) is 0 Å². The Kier molecular flexibility index (Phi) is 4.24. The number of allylic oxidation sites excluding steroid dienone is 2. The monoisotopic (exact) mass is 255 g/mol. The molecule has 1 nitrogen and oxygen atoms in total. The average molecular weight is 255 g/mol. The van der Waals surface area contributed by atoms with Crippen molar-refractivity contribution in [3.63, 3.8) is 0 Å². The van der Waals surface area contributed by atoms with E-state index in [2.05, 4.69) is 70.2 Å². The van der Waals surface area contributed by atoms with E-state index >= 15 is 0 Å². The van der Waals surface area contributed by atoms with Crippen molar-refractivity contribution < 1.29 is 0 Å². The fraction of sp³-hybridized carbons (Fsp3) is 0.500. The molecule has 1 heteroatoms. The van der Waals surface area contributed by atoms with Crippen molar-refractivity contribution in [2.45, 2.75) is 46.6 Å². The molecule has 1 aromatic rings. The van der Waals surface area contributed by atoms with Gasteiger partial charge in [0, 0.05) is 17.0 Å². The molecule has 0 radical (unpaired) electrons. The molecule has 0 aliphatic heterocycles. The predicted molar refractivity (Wildman–Crippen MR) is 83.6 cm³/mol. The van der Waals surface area contributed by atoms with Gasteiger partial charge in [0.1, 0.15) is 0 Å². The van der Waals surface area contributed by atoms with E-state index < -0.39 is 0 Å². The van der Waals surface area contributed by atoms with Crippen LogP contribution in [0.15, 0.2) is 47.5 Å². The maximum Gasteiger partial charge on any atom is 0.0720 e. The lowest BCUT2D eigenvalue weighted by molar-refractivity contribution is 0.704. The van der Waals surface area contributed by atoms with Crippen molar-refractivity contribution >= 4 is 5.71 Å². The summed E-state index contributed by atoms with van der Waals surface area (Å²) in [6.07, 6.45) is 6.98. The van der Waals surface area contributed by atoms with Crippen LogP contribution in [0.5, 0.6) is 0 Å². The summed E-state index contributed by atoms with van der Waals surface area (Å²) in [6, 6.07) is 10.8. The molecule has 1 aromatic carbocycles. The molecular formula is C18H25N. The van der Waals surface area contributed by atoms with Gasteiger partial charge in [-0.15, -0.1) is 0 Å². The van der Waals surface area contributed by atoms with E-state index in [1.165, 1.54) is 24.1 Å². The van der Waals surface area contributed by atoms with Crippen molar-refractivity contribution in [1.82, 2.24) is 0 Å². The molecule has 102 valence electrons. The van der Waals surface area contributed by atoms with Gasteiger partial charge in [-0.05, 0) is 32.3 Å². The second kappa shape index (κ2) is 5.73. The Bertz CT molecular complexity index is 466. The van der Waals surface area contributed by atoms with Crippen molar-refractivity contribution in [2.24, 2.45) is 16.3 Å². The SMILES string of the molecule is C/C=C\C(C)C(=N[C@H](C)c1ccccc1)C1(C)CC1. The van der Waals surface area contributed by atoms with Gasteiger partial charge in [0.25, 0.3) is 0 Å². The van der Waals surface area contributed by atoms with Crippen molar-refractivity contribution in [3.05, 3.63) is 48.0 Å². The summed E-state index contributed by atoms with van der Waals surface area (Å²) in [5.41, 5.74) is 3.03. The Balaban J connectivity index is 2.25. The lowest BCUT2D eigenvalue weighted by atomic mass is 9.90. The predicted octanol–water partition coefficient (Wildman–Crippen LogP) is 5.20. The lowest BCUT2D eigenvalue weighted by Gasteiger charge is -2.20. The lowest BCUT2D eigenvalue weighted by Crippen LogP contribution is -2.20. The summed E-state index contributed by atoms with van der Waals surface area (Å²) in [6.45, 7) is 8.90. The molecular weight excluding hydrogens is 230 g/mol. The Hall–Kier alpha value is -1.37. The molecule has 0 aromatic heterocycles. The molecule has 1 saturated carbocycles. The molecule has 0 amide bonds. The van der Waals surface area contributed by atoms with Crippen LogP contribution in [0.25, 0.3) is 0 Å². The Morgan fingerprint density at radius 3 is 2.37 bits per heavy atom. The third kappa shape index (κ3) is 3.34. The molecule has 0 spiro atoms. The Morgan fingerprint density at radius 1 is 1.21 bits per heavy atom. The zero-order chi connectivity index (χ0) is 13.9. The van der Waals surface area contributed by atoms with Gasteiger partial charge in [-0.3, -0.25) is 4.99 Å². The van der Waals surface area contributed by atoms with E-state index in [4.69, 9.17) is 4.99 Å². The molecule has 0 N–H and O–H groups in total. The maximum absolute atomic E-state index is 5.06. The van der Waals surface area contributed by atoms with Crippen LogP contribution in [0, 0.1) is 11.3 Å². The molecule has 1 aliphatic rings. The van der Waals surface area contributed by atoms with Gasteiger partial charge in [-0.1, -0.05) is 56.3 Å². The maximum atomic E-state index is 5.06. The van der Waals surface area contributed by atoms with Gasteiger partial charge in [0.2, 0.25) is 0 Å². The number of nitrogens with zero attached hydrogens (tertiary/aromatic N) is 1. The highest BCUT2D eigenvalue weighted by Gasteiger charge is 2.43. The molecule has 2 rings (SSSR count). The highest BCUT2D eigenvalue weighted by Crippen LogP contribution is 2.49. The minimum atomic E-state index is 0.251. The first-order chi connectivity index (χ1) is 9.07. The van der Waals surface area contributed by atoms with Crippen molar-refractivity contribution in [3.8, 4) is 0 Å². The van der Waals surface area contributed by atoms with Crippen LogP contribution in [0.2, 0.25) is 0 Å². The van der Waals surface area contributed by atoms with Gasteiger partial charge in [0.05, 0.1) is 6.04 Å². The van der Waals surface area contributed by atoms with E-state index in [9.17, 15) is 0 Å². The first kappa shape index (κ1) is 14.0. The van der Waals surface area contributed by atoms with Crippen LogP contribution < -0.4 is 0 Å². The van der Waals surface area contributed by atoms with E-state index in [0.29, 0.717) is 11.3 Å². The van der Waals surface area contributed by atoms with Crippen LogP contribution in [0.3, 0.4) is 0 Å². The van der Waals surface area contributed by atoms with Crippen LogP contribution in [0.1, 0.15) is 52.1 Å². The van der Waals surface area contributed by atoms with Gasteiger partial charge < -0.3 is 0 Å². The summed E-state index contributed by atoms with van der Waals surface area (Å²) < 4.78 is 0. The van der Waals surface area contributed by atoms with E-state index in [-0.39, 0.29) is 6.04 Å². The largest absolute Gasteiger partial charge is 0.285 e. The first-order valence-corrected chi connectivity index (χ1v) is 7.33. The number of hydrogen-bond donors (Lipinski definition) is 0. The van der Waals surface area contributed by atoms with Gasteiger partial charge in [-0.2, -0.15) is 0 Å². The zero-order valence-corrected chi connectivity index (χ0v) is 12.6. The number of benzene rings is 1. The summed E-state index contributed by atoms with van der Waals surface area (Å²) >= 11 is 0. The minimum absolute atomic E-state index is 0.251. The summed E-state index contributed by atoms with van der Waals surface area (Å²) in [5.74, 6) is 0.448. The van der Waals surface area contributed by atoms with Crippen LogP contribution in [-0.2, 0) is 0 Å². The molecule has 1 unspecified atom stereocenters. The zero-order valence-electron chi connectivity index (χ0n) is 12.6. The van der Waals surface area contributed by atoms with Gasteiger partial charge >= 0.3 is 0 Å². The van der Waals surface area contributed by atoms with Crippen LogP contribution in [0.4, 0.5) is 0 Å². The van der Waals surface area contributed by atoms with E-state index in [0.717, 1.165) is 0 Å². The van der Waals surface area contributed by atoms with E-state index in [1.54, 1.807) is 0 Å². The minimum Gasteiger partial charge on any atom is -0.285 e. The first-order valence-electron chi connectivity index (χ1n) is 7.33. The topological polar surface area (TPSA) is 12.4 Å². The smallest absolute Gasteiger partial charge is 0.0720 e. The Labute approximate surface area is 117 Å². The second-order valence-corrected chi connectivity index (χ2v) is 5.98.